The van der Waals surface area contributed by atoms with E-state index in [1.807, 2.05) is 0 Å². The molecule has 0 aromatic heterocycles. The lowest BCUT2D eigenvalue weighted by atomic mass is 9.90. The first kappa shape index (κ1) is 14.3. The zero-order valence-electron chi connectivity index (χ0n) is 11.5. The first-order valence-electron chi connectivity index (χ1n) is 6.94. The Balaban J connectivity index is 2.05. The molecule has 4 nitrogen and oxygen atoms in total. The van der Waals surface area contributed by atoms with E-state index in [1.165, 1.54) is 6.42 Å². The fourth-order valence-electron chi connectivity index (χ4n) is 3.52. The highest BCUT2D eigenvalue weighted by molar-refractivity contribution is 7.91. The van der Waals surface area contributed by atoms with Gasteiger partial charge in [-0.25, -0.2) is 8.42 Å². The molecular weight excluding hydrogens is 248 g/mol. The molecule has 2 fully saturated rings. The number of nitrogens with two attached hydrogens (primary N) is 1. The maximum atomic E-state index is 11.8. The Labute approximate surface area is 111 Å². The molecule has 1 aliphatic carbocycles. The van der Waals surface area contributed by atoms with Crippen molar-refractivity contribution in [1.82, 2.24) is 5.32 Å². The molecule has 1 saturated heterocycles. The van der Waals surface area contributed by atoms with Crippen molar-refractivity contribution >= 4 is 9.84 Å². The number of hydrogen-bond acceptors (Lipinski definition) is 4. The molecule has 3 N–H and O–H groups in total. The Hall–Kier alpha value is -0.130. The van der Waals surface area contributed by atoms with Crippen LogP contribution in [0.5, 0.6) is 0 Å². The van der Waals surface area contributed by atoms with Gasteiger partial charge in [-0.05, 0) is 37.5 Å². The van der Waals surface area contributed by atoms with Crippen LogP contribution in [0.3, 0.4) is 0 Å². The van der Waals surface area contributed by atoms with Gasteiger partial charge in [-0.1, -0.05) is 13.8 Å². The summed E-state index contributed by atoms with van der Waals surface area (Å²) in [6.45, 7) is 4.98. The largest absolute Gasteiger partial charge is 0.329 e. The molecule has 2 rings (SSSR count). The van der Waals surface area contributed by atoms with Gasteiger partial charge in [-0.3, -0.25) is 0 Å². The normalized spacial score (nSPS) is 38.7. The van der Waals surface area contributed by atoms with E-state index in [0.717, 1.165) is 25.7 Å². The lowest BCUT2D eigenvalue weighted by Gasteiger charge is -2.39. The van der Waals surface area contributed by atoms with E-state index in [4.69, 9.17) is 5.73 Å². The van der Waals surface area contributed by atoms with E-state index in [2.05, 4.69) is 19.2 Å². The van der Waals surface area contributed by atoms with Crippen molar-refractivity contribution in [3.05, 3.63) is 0 Å². The molecule has 0 radical (unpaired) electrons. The highest BCUT2D eigenvalue weighted by Crippen LogP contribution is 2.38. The van der Waals surface area contributed by atoms with Crippen molar-refractivity contribution in [3.8, 4) is 0 Å². The molecule has 18 heavy (non-hydrogen) atoms. The lowest BCUT2D eigenvalue weighted by Crippen LogP contribution is -2.60. The van der Waals surface area contributed by atoms with Crippen molar-refractivity contribution in [1.29, 1.82) is 0 Å². The fourth-order valence-corrected chi connectivity index (χ4v) is 5.44. The van der Waals surface area contributed by atoms with Crippen LogP contribution in [0.2, 0.25) is 0 Å². The van der Waals surface area contributed by atoms with Crippen LogP contribution in [0.25, 0.3) is 0 Å². The van der Waals surface area contributed by atoms with E-state index >= 15 is 0 Å². The second kappa shape index (κ2) is 4.76. The van der Waals surface area contributed by atoms with Crippen molar-refractivity contribution in [3.63, 3.8) is 0 Å². The molecule has 106 valence electrons. The van der Waals surface area contributed by atoms with Crippen LogP contribution in [0.1, 0.15) is 46.0 Å². The third-order valence-corrected chi connectivity index (χ3v) is 6.38. The quantitative estimate of drug-likeness (QED) is 0.807. The van der Waals surface area contributed by atoms with Crippen molar-refractivity contribution in [2.45, 2.75) is 57.5 Å². The Morgan fingerprint density at radius 2 is 2.06 bits per heavy atom. The summed E-state index contributed by atoms with van der Waals surface area (Å²) in [5.74, 6) is 0.542. The van der Waals surface area contributed by atoms with Crippen molar-refractivity contribution in [2.75, 3.05) is 18.1 Å². The minimum atomic E-state index is -2.92. The Kier molecular flexibility index (Phi) is 3.78. The second-order valence-electron chi connectivity index (χ2n) is 6.93. The molecule has 0 spiro atoms. The Morgan fingerprint density at radius 1 is 1.33 bits per heavy atom. The lowest BCUT2D eigenvalue weighted by molar-refractivity contribution is 0.275. The third-order valence-electron chi connectivity index (χ3n) is 4.48. The van der Waals surface area contributed by atoms with Crippen LogP contribution in [-0.4, -0.2) is 38.0 Å². The molecule has 0 amide bonds. The molecule has 1 aliphatic heterocycles. The third kappa shape index (κ3) is 3.25. The van der Waals surface area contributed by atoms with Gasteiger partial charge in [0.15, 0.2) is 9.84 Å². The molecule has 1 heterocycles. The minimum absolute atomic E-state index is 0.216. The molecule has 0 aromatic carbocycles. The van der Waals surface area contributed by atoms with E-state index in [1.54, 1.807) is 0 Å². The second-order valence-corrected chi connectivity index (χ2v) is 9.11. The van der Waals surface area contributed by atoms with Gasteiger partial charge in [0.2, 0.25) is 0 Å². The summed E-state index contributed by atoms with van der Waals surface area (Å²) in [4.78, 5) is 0. The average molecular weight is 274 g/mol. The van der Waals surface area contributed by atoms with Gasteiger partial charge in [-0.2, -0.15) is 0 Å². The highest BCUT2D eigenvalue weighted by Gasteiger charge is 2.41. The van der Waals surface area contributed by atoms with Gasteiger partial charge in [0.25, 0.3) is 0 Å². The summed E-state index contributed by atoms with van der Waals surface area (Å²) >= 11 is 0. The van der Waals surface area contributed by atoms with Crippen LogP contribution in [0.4, 0.5) is 0 Å². The highest BCUT2D eigenvalue weighted by atomic mass is 32.2. The van der Waals surface area contributed by atoms with E-state index in [0.29, 0.717) is 23.8 Å². The average Bonchev–Trinajstić information content (AvgIpc) is 2.56. The van der Waals surface area contributed by atoms with Gasteiger partial charge in [0.1, 0.15) is 0 Å². The maximum Gasteiger partial charge on any atom is 0.152 e. The van der Waals surface area contributed by atoms with Crippen LogP contribution in [0.15, 0.2) is 0 Å². The summed E-state index contributed by atoms with van der Waals surface area (Å²) in [6.07, 6.45) is 5.09. The zero-order valence-corrected chi connectivity index (χ0v) is 12.4. The van der Waals surface area contributed by atoms with Gasteiger partial charge in [0, 0.05) is 18.1 Å². The summed E-state index contributed by atoms with van der Waals surface area (Å²) in [7, 11) is -2.92. The topological polar surface area (TPSA) is 72.2 Å². The molecule has 0 bridgehead atoms. The molecule has 2 aliphatic rings. The molecule has 0 aromatic rings. The van der Waals surface area contributed by atoms with E-state index in [9.17, 15) is 8.42 Å². The van der Waals surface area contributed by atoms with Crippen LogP contribution in [-0.2, 0) is 9.84 Å². The fraction of sp³-hybridized carbons (Fsp3) is 1.00. The number of rotatable bonds is 3. The number of hydrogen-bond donors (Lipinski definition) is 2. The van der Waals surface area contributed by atoms with Gasteiger partial charge >= 0.3 is 0 Å². The Bertz CT molecular complexity index is 405. The van der Waals surface area contributed by atoms with Gasteiger partial charge < -0.3 is 11.1 Å². The zero-order chi connectivity index (χ0) is 13.4. The predicted molar refractivity (Wildman–Crippen MR) is 74.2 cm³/mol. The van der Waals surface area contributed by atoms with E-state index < -0.39 is 9.84 Å². The maximum absolute atomic E-state index is 11.8. The molecule has 2 atom stereocenters. The number of nitrogens with one attached hydrogen (secondary N) is 1. The molecular formula is C13H26N2O2S. The smallest absolute Gasteiger partial charge is 0.152 e. The Morgan fingerprint density at radius 3 is 2.56 bits per heavy atom. The molecule has 1 saturated carbocycles. The monoisotopic (exact) mass is 274 g/mol. The van der Waals surface area contributed by atoms with E-state index in [-0.39, 0.29) is 11.3 Å². The first-order valence-corrected chi connectivity index (χ1v) is 8.76. The summed E-state index contributed by atoms with van der Waals surface area (Å²) in [5.41, 5.74) is 5.88. The van der Waals surface area contributed by atoms with Crippen LogP contribution in [0, 0.1) is 5.41 Å². The van der Waals surface area contributed by atoms with Crippen LogP contribution < -0.4 is 11.1 Å². The number of sulfone groups is 1. The van der Waals surface area contributed by atoms with Crippen molar-refractivity contribution < 1.29 is 8.42 Å². The standard InChI is InChI=1S/C13H26N2O2S/c1-12(2)6-4-11(8-12)15-13(9-14)5-3-7-18(16,17)10-13/h11,15H,3-10,14H2,1-2H3. The predicted octanol–water partition coefficient (Wildman–Crippen LogP) is 1.06. The van der Waals surface area contributed by atoms with Gasteiger partial charge in [0.05, 0.1) is 11.5 Å². The SMILES string of the molecule is CC1(C)CCC(NC2(CN)CCCS(=O)(=O)C2)C1. The summed E-state index contributed by atoms with van der Waals surface area (Å²) in [6, 6.07) is 0.428. The van der Waals surface area contributed by atoms with Crippen LogP contribution >= 0.6 is 0 Å². The molecule has 2 unspecified atom stereocenters. The van der Waals surface area contributed by atoms with Crippen molar-refractivity contribution in [2.24, 2.45) is 11.1 Å². The summed E-state index contributed by atoms with van der Waals surface area (Å²) in [5, 5.41) is 3.59. The summed E-state index contributed by atoms with van der Waals surface area (Å²) < 4.78 is 23.7. The molecule has 5 heteroatoms. The minimum Gasteiger partial charge on any atom is -0.329 e. The van der Waals surface area contributed by atoms with Gasteiger partial charge in [-0.15, -0.1) is 0 Å². The first-order chi connectivity index (χ1) is 8.26.